The second-order valence-electron chi connectivity index (χ2n) is 8.18. The highest BCUT2D eigenvalue weighted by Crippen LogP contribution is 2.22. The molecule has 0 radical (unpaired) electrons. The molecule has 0 saturated heterocycles. The maximum absolute atomic E-state index is 12.7. The molecular weight excluding hydrogens is 499 g/mol. The maximum Gasteiger partial charge on any atom is 0.262 e. The summed E-state index contributed by atoms with van der Waals surface area (Å²) in [6, 6.07) is 20.2. The van der Waals surface area contributed by atoms with Crippen LogP contribution in [0.2, 0.25) is 10.0 Å². The molecule has 0 aromatic heterocycles. The van der Waals surface area contributed by atoms with Crippen molar-refractivity contribution in [2.45, 2.75) is 26.5 Å². The molecule has 0 aliphatic carbocycles. The van der Waals surface area contributed by atoms with E-state index < -0.39 is 17.9 Å². The molecule has 0 heterocycles. The van der Waals surface area contributed by atoms with Gasteiger partial charge in [-0.1, -0.05) is 55.2 Å². The number of nitrogens with one attached hydrogen (secondary N) is 2. The van der Waals surface area contributed by atoms with Crippen LogP contribution in [0.25, 0.3) is 0 Å². The van der Waals surface area contributed by atoms with Crippen molar-refractivity contribution in [3.8, 4) is 11.8 Å². The monoisotopic (exact) mass is 522 g/mol. The van der Waals surface area contributed by atoms with Gasteiger partial charge in [0.1, 0.15) is 18.4 Å². The van der Waals surface area contributed by atoms with Crippen molar-refractivity contribution in [2.75, 3.05) is 0 Å². The summed E-state index contributed by atoms with van der Waals surface area (Å²) in [6.45, 7) is 3.91. The summed E-state index contributed by atoms with van der Waals surface area (Å²) in [6.07, 6.45) is 1.49. The van der Waals surface area contributed by atoms with Gasteiger partial charge < -0.3 is 10.1 Å². The number of hydrazone groups is 1. The highest BCUT2D eigenvalue weighted by atomic mass is 35.5. The standard InChI is InChI=1S/C27H24Cl2N4O3/c1-17(2)25(32-26(34)19-9-12-23(28)24(29)13-19)27(35)33-31-15-18-7-10-22(11-8-18)36-16-21-6-4-3-5-20(21)14-30/h3-13,15,17,25H,16H2,1-2H3,(H,32,34)(H,33,35). The first kappa shape index (κ1) is 26.7. The predicted molar refractivity (Wildman–Crippen MR) is 140 cm³/mol. The Morgan fingerprint density at radius 3 is 2.44 bits per heavy atom. The molecule has 0 spiro atoms. The van der Waals surface area contributed by atoms with Crippen LogP contribution >= 0.6 is 23.2 Å². The van der Waals surface area contributed by atoms with Gasteiger partial charge in [-0.05, 0) is 60.0 Å². The lowest BCUT2D eigenvalue weighted by molar-refractivity contribution is -0.123. The van der Waals surface area contributed by atoms with Gasteiger partial charge in [-0.25, -0.2) is 5.43 Å². The smallest absolute Gasteiger partial charge is 0.262 e. The van der Waals surface area contributed by atoms with Gasteiger partial charge >= 0.3 is 0 Å². The third-order valence-electron chi connectivity index (χ3n) is 5.22. The average Bonchev–Trinajstić information content (AvgIpc) is 2.88. The summed E-state index contributed by atoms with van der Waals surface area (Å²) in [5.74, 6) is -0.450. The largest absolute Gasteiger partial charge is 0.489 e. The first-order valence-electron chi connectivity index (χ1n) is 11.1. The molecule has 1 unspecified atom stereocenters. The number of nitrogens with zero attached hydrogens (tertiary/aromatic N) is 2. The first-order valence-corrected chi connectivity index (χ1v) is 11.8. The molecule has 0 aliphatic heterocycles. The Morgan fingerprint density at radius 1 is 1.06 bits per heavy atom. The number of carbonyl (C=O) groups is 2. The Morgan fingerprint density at radius 2 is 1.78 bits per heavy atom. The van der Waals surface area contributed by atoms with Gasteiger partial charge in [0.15, 0.2) is 0 Å². The Hall–Kier alpha value is -3.86. The van der Waals surface area contributed by atoms with E-state index in [0.717, 1.165) is 11.1 Å². The summed E-state index contributed by atoms with van der Waals surface area (Å²) in [5.41, 5.74) is 4.88. The Balaban J connectivity index is 1.55. The lowest BCUT2D eigenvalue weighted by atomic mass is 10.0. The van der Waals surface area contributed by atoms with Crippen LogP contribution in [-0.4, -0.2) is 24.1 Å². The van der Waals surface area contributed by atoms with Gasteiger partial charge in [0, 0.05) is 11.1 Å². The molecule has 0 bridgehead atoms. The second-order valence-corrected chi connectivity index (χ2v) is 9.00. The third kappa shape index (κ3) is 7.32. The average molecular weight is 523 g/mol. The molecule has 3 aromatic carbocycles. The maximum atomic E-state index is 12.7. The number of hydrogen-bond donors (Lipinski definition) is 2. The topological polar surface area (TPSA) is 104 Å². The van der Waals surface area contributed by atoms with Crippen LogP contribution < -0.4 is 15.5 Å². The van der Waals surface area contributed by atoms with Crippen molar-refractivity contribution in [3.63, 3.8) is 0 Å². The Labute approximate surface area is 219 Å². The number of hydrogen-bond acceptors (Lipinski definition) is 5. The molecule has 3 aromatic rings. The SMILES string of the molecule is CC(C)C(NC(=O)c1ccc(Cl)c(Cl)c1)C(=O)NN=Cc1ccc(OCc2ccccc2C#N)cc1. The fraction of sp³-hybridized carbons (Fsp3) is 0.185. The molecule has 36 heavy (non-hydrogen) atoms. The number of halogens is 2. The number of nitriles is 1. The number of carbonyl (C=O) groups excluding carboxylic acids is 2. The van der Waals surface area contributed by atoms with E-state index in [0.29, 0.717) is 21.9 Å². The Kier molecular flexibility index (Phi) is 9.46. The zero-order valence-electron chi connectivity index (χ0n) is 19.7. The number of ether oxygens (including phenoxy) is 1. The second kappa shape index (κ2) is 12.7. The lowest BCUT2D eigenvalue weighted by Gasteiger charge is -2.20. The van der Waals surface area contributed by atoms with Crippen molar-refractivity contribution in [3.05, 3.63) is 99.0 Å². The van der Waals surface area contributed by atoms with E-state index in [1.165, 1.54) is 24.4 Å². The molecule has 0 fully saturated rings. The van der Waals surface area contributed by atoms with Gasteiger partial charge in [-0.2, -0.15) is 10.4 Å². The lowest BCUT2D eigenvalue weighted by Crippen LogP contribution is -2.48. The molecule has 0 saturated carbocycles. The van der Waals surface area contributed by atoms with Gasteiger partial charge in [-0.15, -0.1) is 0 Å². The fourth-order valence-corrected chi connectivity index (χ4v) is 3.50. The van der Waals surface area contributed by atoms with Gasteiger partial charge in [0.05, 0.1) is 27.9 Å². The summed E-state index contributed by atoms with van der Waals surface area (Å²) < 4.78 is 5.76. The van der Waals surface area contributed by atoms with Crippen molar-refractivity contribution in [2.24, 2.45) is 11.0 Å². The number of rotatable bonds is 9. The van der Waals surface area contributed by atoms with E-state index in [9.17, 15) is 14.9 Å². The van der Waals surface area contributed by atoms with E-state index >= 15 is 0 Å². The first-order chi connectivity index (χ1) is 17.3. The van der Waals surface area contributed by atoms with E-state index in [1.54, 1.807) is 30.3 Å². The van der Waals surface area contributed by atoms with Crippen LogP contribution in [0.1, 0.15) is 40.9 Å². The van der Waals surface area contributed by atoms with Gasteiger partial charge in [0.2, 0.25) is 0 Å². The van der Waals surface area contributed by atoms with E-state index in [1.807, 2.05) is 32.0 Å². The zero-order chi connectivity index (χ0) is 26.1. The van der Waals surface area contributed by atoms with E-state index in [2.05, 4.69) is 21.9 Å². The molecule has 0 aliphatic rings. The normalized spacial score (nSPS) is 11.7. The summed E-state index contributed by atoms with van der Waals surface area (Å²) in [4.78, 5) is 25.2. The minimum atomic E-state index is -0.809. The molecule has 2 N–H and O–H groups in total. The molecule has 1 atom stereocenters. The summed E-state index contributed by atoms with van der Waals surface area (Å²) in [7, 11) is 0. The van der Waals surface area contributed by atoms with Crippen LogP contribution in [0.3, 0.4) is 0 Å². The van der Waals surface area contributed by atoms with Gasteiger partial charge in [-0.3, -0.25) is 9.59 Å². The van der Waals surface area contributed by atoms with Crippen LogP contribution in [-0.2, 0) is 11.4 Å². The third-order valence-corrected chi connectivity index (χ3v) is 5.96. The van der Waals surface area contributed by atoms with Crippen molar-refractivity contribution < 1.29 is 14.3 Å². The zero-order valence-corrected chi connectivity index (χ0v) is 21.2. The van der Waals surface area contributed by atoms with E-state index in [-0.39, 0.29) is 17.5 Å². The number of amides is 2. The van der Waals surface area contributed by atoms with Crippen LogP contribution in [0.15, 0.2) is 71.8 Å². The summed E-state index contributed by atoms with van der Waals surface area (Å²) in [5, 5.41) is 16.5. The van der Waals surface area contributed by atoms with E-state index in [4.69, 9.17) is 27.9 Å². The molecule has 2 amide bonds. The van der Waals surface area contributed by atoms with Crippen LogP contribution in [0.4, 0.5) is 0 Å². The van der Waals surface area contributed by atoms with Crippen molar-refractivity contribution in [1.82, 2.24) is 10.7 Å². The molecule has 3 rings (SSSR count). The minimum Gasteiger partial charge on any atom is -0.489 e. The quantitative estimate of drug-likeness (QED) is 0.292. The minimum absolute atomic E-state index is 0.186. The summed E-state index contributed by atoms with van der Waals surface area (Å²) >= 11 is 11.9. The highest BCUT2D eigenvalue weighted by Gasteiger charge is 2.24. The predicted octanol–water partition coefficient (Wildman–Crippen LogP) is 5.35. The van der Waals surface area contributed by atoms with Crippen LogP contribution in [0.5, 0.6) is 5.75 Å². The number of benzene rings is 3. The van der Waals surface area contributed by atoms with Crippen molar-refractivity contribution in [1.29, 1.82) is 5.26 Å². The fourth-order valence-electron chi connectivity index (χ4n) is 3.20. The molecular formula is C27H24Cl2N4O3. The highest BCUT2D eigenvalue weighted by molar-refractivity contribution is 6.42. The molecule has 9 heteroatoms. The van der Waals surface area contributed by atoms with Gasteiger partial charge in [0.25, 0.3) is 11.8 Å². The Bertz CT molecular complexity index is 1300. The van der Waals surface area contributed by atoms with Crippen LogP contribution in [0, 0.1) is 17.2 Å². The molecule has 7 nitrogen and oxygen atoms in total. The molecule has 184 valence electrons. The van der Waals surface area contributed by atoms with Crippen molar-refractivity contribution >= 4 is 41.2 Å².